The van der Waals surface area contributed by atoms with Gasteiger partial charge in [0.1, 0.15) is 24.4 Å². The lowest BCUT2D eigenvalue weighted by Gasteiger charge is -2.45. The summed E-state index contributed by atoms with van der Waals surface area (Å²) in [6.45, 7) is 11.2. The Morgan fingerprint density at radius 3 is 2.21 bits per heavy atom. The summed E-state index contributed by atoms with van der Waals surface area (Å²) in [7, 11) is -4.18. The zero-order chi connectivity index (χ0) is 22.6. The third-order valence-corrected chi connectivity index (χ3v) is 6.46. The Morgan fingerprint density at radius 2 is 1.76 bits per heavy atom. The number of carbonyl (C=O) groups is 1. The standard InChI is InChI=1S/C18H36NO9P/c1-11(21)19-13-14(22)15(28-29(23,24)18(5,6)7)12(10-20)27-16(13)25-8-9-26-17(2,3)4/h12-16,20,22H,8-10H2,1-7H3,(H,19,21)(H,23,24). The van der Waals surface area contributed by atoms with Crippen LogP contribution in [0, 0.1) is 0 Å². The van der Waals surface area contributed by atoms with Crippen LogP contribution in [-0.2, 0) is 28.1 Å². The quantitative estimate of drug-likeness (QED) is 0.317. The first kappa shape index (κ1) is 26.5. The van der Waals surface area contributed by atoms with E-state index in [0.29, 0.717) is 0 Å². The van der Waals surface area contributed by atoms with Gasteiger partial charge in [-0.05, 0) is 41.5 Å². The minimum atomic E-state index is -4.18. The normalized spacial score (nSPS) is 30.6. The summed E-state index contributed by atoms with van der Waals surface area (Å²) in [6, 6.07) is -1.07. The second-order valence-corrected chi connectivity index (χ2v) is 11.6. The number of rotatable bonds is 8. The van der Waals surface area contributed by atoms with Crippen LogP contribution < -0.4 is 5.32 Å². The van der Waals surface area contributed by atoms with Gasteiger partial charge in [0.25, 0.3) is 0 Å². The maximum Gasteiger partial charge on any atom is 0.333 e. The first-order valence-corrected chi connectivity index (χ1v) is 11.1. The molecule has 0 aromatic heterocycles. The predicted octanol–water partition coefficient (Wildman–Crippen LogP) is 0.770. The van der Waals surface area contributed by atoms with E-state index in [1.807, 2.05) is 20.8 Å². The van der Waals surface area contributed by atoms with Crippen LogP contribution in [0.1, 0.15) is 48.5 Å². The average molecular weight is 441 g/mol. The number of aliphatic hydroxyl groups excluding tert-OH is 2. The summed E-state index contributed by atoms with van der Waals surface area (Å²) in [4.78, 5) is 21.9. The van der Waals surface area contributed by atoms with Crippen LogP contribution in [0.25, 0.3) is 0 Å². The van der Waals surface area contributed by atoms with Crippen molar-refractivity contribution in [1.29, 1.82) is 0 Å². The van der Waals surface area contributed by atoms with Crippen molar-refractivity contribution in [3.8, 4) is 0 Å². The third kappa shape index (κ3) is 7.88. The summed E-state index contributed by atoms with van der Waals surface area (Å²) in [6.07, 6.45) is -5.05. The van der Waals surface area contributed by atoms with E-state index in [0.717, 1.165) is 0 Å². The number of hydrogen-bond acceptors (Lipinski definition) is 8. The Kier molecular flexibility index (Phi) is 9.26. The highest BCUT2D eigenvalue weighted by Gasteiger charge is 2.51. The van der Waals surface area contributed by atoms with E-state index >= 15 is 0 Å². The van der Waals surface area contributed by atoms with E-state index in [9.17, 15) is 24.5 Å². The van der Waals surface area contributed by atoms with E-state index in [1.165, 1.54) is 27.7 Å². The molecule has 6 atom stereocenters. The van der Waals surface area contributed by atoms with Crippen molar-refractivity contribution in [2.24, 2.45) is 0 Å². The number of aliphatic hydroxyl groups is 2. The zero-order valence-electron chi connectivity index (χ0n) is 18.2. The maximum atomic E-state index is 12.6. The first-order valence-electron chi connectivity index (χ1n) is 9.57. The second-order valence-electron chi connectivity index (χ2n) is 9.04. The molecule has 172 valence electrons. The number of amides is 1. The topological polar surface area (TPSA) is 144 Å². The van der Waals surface area contributed by atoms with Crippen LogP contribution in [0.2, 0.25) is 0 Å². The van der Waals surface area contributed by atoms with Crippen molar-refractivity contribution < 1.29 is 43.2 Å². The molecular weight excluding hydrogens is 405 g/mol. The van der Waals surface area contributed by atoms with Crippen molar-refractivity contribution in [3.05, 3.63) is 0 Å². The summed E-state index contributed by atoms with van der Waals surface area (Å²) in [5.41, 5.74) is -0.366. The predicted molar refractivity (Wildman–Crippen MR) is 105 cm³/mol. The van der Waals surface area contributed by atoms with Crippen molar-refractivity contribution >= 4 is 13.5 Å². The smallest absolute Gasteiger partial charge is 0.333 e. The number of nitrogens with one attached hydrogen (secondary N) is 1. The van der Waals surface area contributed by atoms with Crippen LogP contribution >= 0.6 is 7.60 Å². The van der Waals surface area contributed by atoms with Crippen molar-refractivity contribution in [1.82, 2.24) is 5.32 Å². The monoisotopic (exact) mass is 441 g/mol. The van der Waals surface area contributed by atoms with Gasteiger partial charge in [-0.15, -0.1) is 0 Å². The van der Waals surface area contributed by atoms with Crippen LogP contribution in [-0.4, -0.2) is 82.2 Å². The molecule has 1 aliphatic rings. The molecule has 1 amide bonds. The molecule has 29 heavy (non-hydrogen) atoms. The number of hydrogen-bond donors (Lipinski definition) is 4. The fourth-order valence-electron chi connectivity index (χ4n) is 2.56. The molecule has 0 spiro atoms. The fourth-order valence-corrected chi connectivity index (χ4v) is 3.47. The average Bonchev–Trinajstić information content (AvgIpc) is 2.54. The highest BCUT2D eigenvalue weighted by Crippen LogP contribution is 2.56. The van der Waals surface area contributed by atoms with Gasteiger partial charge in [-0.1, -0.05) is 0 Å². The van der Waals surface area contributed by atoms with Crippen LogP contribution in [0.15, 0.2) is 0 Å². The molecule has 0 aliphatic carbocycles. The van der Waals surface area contributed by atoms with E-state index in [1.54, 1.807) is 0 Å². The Bertz CT molecular complexity index is 587. The van der Waals surface area contributed by atoms with E-state index in [4.69, 9.17) is 18.7 Å². The molecule has 1 heterocycles. The van der Waals surface area contributed by atoms with Crippen molar-refractivity contribution in [2.45, 2.75) is 89.9 Å². The molecule has 1 aliphatic heterocycles. The highest BCUT2D eigenvalue weighted by molar-refractivity contribution is 7.54. The zero-order valence-corrected chi connectivity index (χ0v) is 19.1. The van der Waals surface area contributed by atoms with E-state index < -0.39 is 55.9 Å². The van der Waals surface area contributed by atoms with Gasteiger partial charge in [-0.2, -0.15) is 0 Å². The van der Waals surface area contributed by atoms with Gasteiger partial charge in [0.15, 0.2) is 6.29 Å². The first-order chi connectivity index (χ1) is 13.1. The number of ether oxygens (including phenoxy) is 3. The van der Waals surface area contributed by atoms with Crippen LogP contribution in [0.4, 0.5) is 0 Å². The van der Waals surface area contributed by atoms with Gasteiger partial charge in [0.05, 0.1) is 30.6 Å². The lowest BCUT2D eigenvalue weighted by Crippen LogP contribution is -2.65. The Labute approximate surface area is 172 Å². The van der Waals surface area contributed by atoms with Gasteiger partial charge < -0.3 is 34.6 Å². The van der Waals surface area contributed by atoms with Gasteiger partial charge >= 0.3 is 7.60 Å². The van der Waals surface area contributed by atoms with Gasteiger partial charge in [-0.25, -0.2) is 0 Å². The Hall–Kier alpha value is -0.580. The van der Waals surface area contributed by atoms with E-state index in [2.05, 4.69) is 5.32 Å². The number of carbonyl (C=O) groups excluding carboxylic acids is 1. The lowest BCUT2D eigenvalue weighted by molar-refractivity contribution is -0.269. The second kappa shape index (κ2) is 10.2. The lowest BCUT2D eigenvalue weighted by atomic mass is 9.97. The van der Waals surface area contributed by atoms with Crippen LogP contribution in [0.3, 0.4) is 0 Å². The van der Waals surface area contributed by atoms with Crippen molar-refractivity contribution in [3.63, 3.8) is 0 Å². The Morgan fingerprint density at radius 1 is 1.17 bits per heavy atom. The molecule has 10 nitrogen and oxygen atoms in total. The molecule has 1 saturated heterocycles. The molecular formula is C18H36NO9P. The molecule has 4 N–H and O–H groups in total. The van der Waals surface area contributed by atoms with Gasteiger partial charge in [0.2, 0.25) is 5.91 Å². The minimum absolute atomic E-state index is 0.106. The van der Waals surface area contributed by atoms with Crippen molar-refractivity contribution in [2.75, 3.05) is 19.8 Å². The van der Waals surface area contributed by atoms with Crippen LogP contribution in [0.5, 0.6) is 0 Å². The molecule has 0 saturated carbocycles. The summed E-state index contributed by atoms with van der Waals surface area (Å²) in [5, 5.41) is 21.9. The largest absolute Gasteiger partial charge is 0.394 e. The summed E-state index contributed by atoms with van der Waals surface area (Å²) in [5.74, 6) is -0.457. The minimum Gasteiger partial charge on any atom is -0.394 e. The molecule has 0 aromatic rings. The molecule has 11 heteroatoms. The molecule has 1 rings (SSSR count). The van der Waals surface area contributed by atoms with E-state index in [-0.39, 0.29) is 18.8 Å². The summed E-state index contributed by atoms with van der Waals surface area (Å²) < 4.78 is 34.8. The molecule has 0 radical (unpaired) electrons. The fraction of sp³-hybridized carbons (Fsp3) is 0.944. The summed E-state index contributed by atoms with van der Waals surface area (Å²) >= 11 is 0. The highest BCUT2D eigenvalue weighted by atomic mass is 31.2. The molecule has 1 fully saturated rings. The molecule has 6 unspecified atom stereocenters. The molecule has 0 aromatic carbocycles. The van der Waals surface area contributed by atoms with Gasteiger partial charge in [0, 0.05) is 6.92 Å². The third-order valence-electron chi connectivity index (χ3n) is 4.24. The Balaban J connectivity index is 2.97. The molecule has 0 bridgehead atoms. The maximum absolute atomic E-state index is 12.6. The van der Waals surface area contributed by atoms with Gasteiger partial charge in [-0.3, -0.25) is 13.9 Å². The SMILES string of the molecule is CC(=O)NC1C(OCCOC(C)(C)C)OC(CO)C(OP(=O)(O)C(C)(C)C)C1O.